The second kappa shape index (κ2) is 7.68. The van der Waals surface area contributed by atoms with Gasteiger partial charge in [-0.2, -0.15) is 5.10 Å². The number of benzene rings is 1. The van der Waals surface area contributed by atoms with Gasteiger partial charge in [0.25, 0.3) is 0 Å². The fourth-order valence-corrected chi connectivity index (χ4v) is 4.07. The molecule has 1 aromatic heterocycles. The van der Waals surface area contributed by atoms with Gasteiger partial charge in [-0.3, -0.25) is 14.3 Å². The van der Waals surface area contributed by atoms with E-state index in [9.17, 15) is 14.7 Å². The normalized spacial score (nSPS) is 19.9. The van der Waals surface area contributed by atoms with E-state index in [0.29, 0.717) is 18.5 Å². The molecular weight excluding hydrogens is 410 g/mol. The number of halogens is 1. The van der Waals surface area contributed by atoms with Gasteiger partial charge in [-0.1, -0.05) is 23.3 Å². The molecule has 27 heavy (non-hydrogen) atoms. The van der Waals surface area contributed by atoms with Gasteiger partial charge in [0.2, 0.25) is 5.91 Å². The van der Waals surface area contributed by atoms with Crippen LogP contribution in [0.25, 0.3) is 11.3 Å². The zero-order valence-corrected chi connectivity index (χ0v) is 17.1. The number of carbonyl (C=O) groups is 2. The summed E-state index contributed by atoms with van der Waals surface area (Å²) >= 11 is 3.49. The monoisotopic (exact) mass is 431 g/mol. The lowest BCUT2D eigenvalue weighted by Crippen LogP contribution is -2.36. The number of rotatable bonds is 4. The Morgan fingerprint density at radius 2 is 1.89 bits per heavy atom. The number of amides is 1. The lowest BCUT2D eigenvalue weighted by atomic mass is 9.76. The molecule has 0 fully saturated rings. The van der Waals surface area contributed by atoms with E-state index < -0.39 is 17.8 Å². The number of carboxylic acid groups (broad SMARTS) is 1. The third-order valence-electron chi connectivity index (χ3n) is 5.11. The van der Waals surface area contributed by atoms with E-state index in [1.54, 1.807) is 10.7 Å². The highest BCUT2D eigenvalue weighted by molar-refractivity contribution is 9.10. The van der Waals surface area contributed by atoms with Crippen molar-refractivity contribution in [3.05, 3.63) is 46.1 Å². The van der Waals surface area contributed by atoms with Crippen molar-refractivity contribution in [3.63, 3.8) is 0 Å². The number of carboxylic acids is 1. The second-order valence-electron chi connectivity index (χ2n) is 7.09. The van der Waals surface area contributed by atoms with Gasteiger partial charge in [0.15, 0.2) is 0 Å². The van der Waals surface area contributed by atoms with Crippen LogP contribution in [-0.4, -0.2) is 26.8 Å². The predicted octanol–water partition coefficient (Wildman–Crippen LogP) is 4.24. The van der Waals surface area contributed by atoms with Crippen LogP contribution < -0.4 is 5.32 Å². The molecule has 0 aliphatic heterocycles. The van der Waals surface area contributed by atoms with Crippen LogP contribution in [0.3, 0.4) is 0 Å². The molecule has 2 atom stereocenters. The number of aliphatic carboxylic acids is 1. The number of carbonyl (C=O) groups excluding carboxylic acids is 1. The highest BCUT2D eigenvalue weighted by Crippen LogP contribution is 2.35. The van der Waals surface area contributed by atoms with E-state index in [1.165, 1.54) is 0 Å². The third-order valence-corrected chi connectivity index (χ3v) is 5.69. The first kappa shape index (κ1) is 19.4. The molecule has 2 N–H and O–H groups in total. The topological polar surface area (TPSA) is 84.2 Å². The molecule has 0 saturated heterocycles. The van der Waals surface area contributed by atoms with Crippen molar-refractivity contribution in [3.8, 4) is 11.3 Å². The van der Waals surface area contributed by atoms with Crippen molar-refractivity contribution < 1.29 is 14.7 Å². The number of hydrogen-bond acceptors (Lipinski definition) is 3. The summed E-state index contributed by atoms with van der Waals surface area (Å²) in [4.78, 5) is 24.5. The Balaban J connectivity index is 1.83. The first-order chi connectivity index (χ1) is 12.8. The maximum atomic E-state index is 12.8. The van der Waals surface area contributed by atoms with Gasteiger partial charge in [-0.15, -0.1) is 0 Å². The van der Waals surface area contributed by atoms with Crippen molar-refractivity contribution in [2.75, 3.05) is 5.32 Å². The minimum absolute atomic E-state index is 0.258. The molecule has 1 heterocycles. The molecule has 0 unspecified atom stereocenters. The van der Waals surface area contributed by atoms with Crippen LogP contribution in [-0.2, 0) is 16.6 Å². The van der Waals surface area contributed by atoms with Crippen molar-refractivity contribution in [2.45, 2.75) is 26.7 Å². The molecule has 2 aromatic rings. The van der Waals surface area contributed by atoms with Gasteiger partial charge < -0.3 is 10.4 Å². The summed E-state index contributed by atoms with van der Waals surface area (Å²) in [5.41, 5.74) is 4.44. The number of aryl methyl sites for hydroxylation is 1. The fourth-order valence-electron chi connectivity index (χ4n) is 3.46. The summed E-state index contributed by atoms with van der Waals surface area (Å²) in [7, 11) is 1.84. The van der Waals surface area contributed by atoms with E-state index in [1.807, 2.05) is 45.3 Å². The van der Waals surface area contributed by atoms with Crippen LogP contribution in [0.2, 0.25) is 0 Å². The van der Waals surface area contributed by atoms with Gasteiger partial charge in [0.1, 0.15) is 5.69 Å². The highest BCUT2D eigenvalue weighted by atomic mass is 79.9. The average molecular weight is 432 g/mol. The number of anilines is 1. The van der Waals surface area contributed by atoms with Crippen LogP contribution in [0.5, 0.6) is 0 Å². The van der Waals surface area contributed by atoms with Crippen LogP contribution in [0, 0.1) is 11.8 Å². The number of allylic oxidation sites excluding steroid dienone is 2. The molecule has 142 valence electrons. The average Bonchev–Trinajstić information content (AvgIpc) is 2.95. The second-order valence-corrected chi connectivity index (χ2v) is 7.94. The number of aromatic nitrogens is 2. The van der Waals surface area contributed by atoms with Crippen molar-refractivity contribution in [1.29, 1.82) is 0 Å². The largest absolute Gasteiger partial charge is 0.481 e. The zero-order valence-electron chi connectivity index (χ0n) is 15.5. The van der Waals surface area contributed by atoms with Crippen LogP contribution in [0.1, 0.15) is 26.7 Å². The molecule has 1 aliphatic carbocycles. The molecule has 0 spiro atoms. The fraction of sp³-hybridized carbons (Fsp3) is 0.350. The van der Waals surface area contributed by atoms with E-state index in [0.717, 1.165) is 26.9 Å². The standard InChI is InChI=1S/C20H22BrN3O3/c1-11-7-15(16(20(26)27)8-12(11)2)19(25)22-14-6-4-5-13(9-14)18-17(21)10-24(3)23-18/h4-6,9-10,15-16H,7-8H2,1-3H3,(H,22,25)(H,26,27)/t15-,16+/m1/s1. The summed E-state index contributed by atoms with van der Waals surface area (Å²) in [5.74, 6) is -2.45. The van der Waals surface area contributed by atoms with E-state index in [-0.39, 0.29) is 5.91 Å². The van der Waals surface area contributed by atoms with E-state index >= 15 is 0 Å². The van der Waals surface area contributed by atoms with Gasteiger partial charge in [-0.25, -0.2) is 0 Å². The van der Waals surface area contributed by atoms with Gasteiger partial charge in [-0.05, 0) is 54.8 Å². The Hall–Kier alpha value is -2.41. The molecule has 1 aliphatic rings. The predicted molar refractivity (Wildman–Crippen MR) is 107 cm³/mol. The van der Waals surface area contributed by atoms with Crippen LogP contribution in [0.15, 0.2) is 46.1 Å². The Labute approximate surface area is 166 Å². The SMILES string of the molecule is CC1=C(C)C[C@@H](C(=O)Nc2cccc(-c3nn(C)cc3Br)c2)[C@@H](C(=O)O)C1. The molecule has 0 radical (unpaired) electrons. The summed E-state index contributed by atoms with van der Waals surface area (Å²) in [6, 6.07) is 7.40. The van der Waals surface area contributed by atoms with Crippen LogP contribution in [0.4, 0.5) is 5.69 Å². The van der Waals surface area contributed by atoms with Crippen LogP contribution >= 0.6 is 15.9 Å². The first-order valence-corrected chi connectivity index (χ1v) is 9.54. The maximum Gasteiger partial charge on any atom is 0.307 e. The van der Waals surface area contributed by atoms with Gasteiger partial charge >= 0.3 is 5.97 Å². The Kier molecular flexibility index (Phi) is 5.51. The van der Waals surface area contributed by atoms with E-state index in [2.05, 4.69) is 26.3 Å². The lowest BCUT2D eigenvalue weighted by molar-refractivity contribution is -0.146. The molecule has 1 amide bonds. The third kappa shape index (κ3) is 4.13. The molecular formula is C20H22BrN3O3. The molecule has 0 bridgehead atoms. The highest BCUT2D eigenvalue weighted by Gasteiger charge is 2.37. The van der Waals surface area contributed by atoms with Crippen molar-refractivity contribution in [1.82, 2.24) is 9.78 Å². The minimum Gasteiger partial charge on any atom is -0.481 e. The maximum absolute atomic E-state index is 12.8. The first-order valence-electron chi connectivity index (χ1n) is 8.74. The number of nitrogens with one attached hydrogen (secondary N) is 1. The summed E-state index contributed by atoms with van der Waals surface area (Å²) in [6.45, 7) is 3.90. The Morgan fingerprint density at radius 3 is 2.48 bits per heavy atom. The molecule has 7 heteroatoms. The molecule has 0 saturated carbocycles. The zero-order chi connectivity index (χ0) is 19.7. The molecule has 3 rings (SSSR count). The Morgan fingerprint density at radius 1 is 1.22 bits per heavy atom. The number of nitrogens with zero attached hydrogens (tertiary/aromatic N) is 2. The smallest absolute Gasteiger partial charge is 0.307 e. The lowest BCUT2D eigenvalue weighted by Gasteiger charge is -2.29. The van der Waals surface area contributed by atoms with Crippen molar-refractivity contribution in [2.24, 2.45) is 18.9 Å². The van der Waals surface area contributed by atoms with Gasteiger partial charge in [0.05, 0.1) is 16.3 Å². The summed E-state index contributed by atoms with van der Waals surface area (Å²) < 4.78 is 2.57. The summed E-state index contributed by atoms with van der Waals surface area (Å²) in [5, 5.41) is 16.8. The quantitative estimate of drug-likeness (QED) is 0.709. The van der Waals surface area contributed by atoms with E-state index in [4.69, 9.17) is 0 Å². The molecule has 1 aromatic carbocycles. The summed E-state index contributed by atoms with van der Waals surface area (Å²) in [6.07, 6.45) is 2.75. The number of hydrogen-bond donors (Lipinski definition) is 2. The van der Waals surface area contributed by atoms with Gasteiger partial charge in [0, 0.05) is 24.5 Å². The minimum atomic E-state index is -0.923. The van der Waals surface area contributed by atoms with Crippen molar-refractivity contribution >= 4 is 33.5 Å². The Bertz CT molecular complexity index is 932. The molecule has 6 nitrogen and oxygen atoms in total.